The Morgan fingerprint density at radius 2 is 1.11 bits per heavy atom. The van der Waals surface area contributed by atoms with Crippen LogP contribution in [0.5, 0.6) is 0 Å². The van der Waals surface area contributed by atoms with Crippen molar-refractivity contribution in [1.29, 1.82) is 0 Å². The molecule has 6 atom stereocenters. The van der Waals surface area contributed by atoms with E-state index in [9.17, 15) is 16.8 Å². The minimum Gasteiger partial charge on any atom is -0.292 e. The fourth-order valence-corrected chi connectivity index (χ4v) is 5.48. The molecule has 0 aromatic carbocycles. The summed E-state index contributed by atoms with van der Waals surface area (Å²) in [6.45, 7) is 5.91. The molecular formula is C18H42N10O6S2. The monoisotopic (exact) mass is 558 g/mol. The van der Waals surface area contributed by atoms with Crippen LogP contribution in [0.15, 0.2) is 0 Å². The zero-order valence-corrected chi connectivity index (χ0v) is 22.3. The topological polar surface area (TPSA) is 229 Å². The zero-order valence-electron chi connectivity index (χ0n) is 20.6. The van der Waals surface area contributed by atoms with Crippen molar-refractivity contribution in [2.45, 2.75) is 63.9 Å². The zero-order chi connectivity index (χ0) is 26.3. The average Bonchev–Trinajstić information content (AvgIpc) is 2.76. The van der Waals surface area contributed by atoms with Gasteiger partial charge in [-0.3, -0.25) is 62.3 Å². The Morgan fingerprint density at radius 3 is 1.56 bits per heavy atom. The van der Waals surface area contributed by atoms with Crippen molar-refractivity contribution in [3.05, 3.63) is 0 Å². The Bertz CT molecular complexity index is 845. The summed E-state index contributed by atoms with van der Waals surface area (Å²) in [7, 11) is -8.23. The fraction of sp³-hybridized carbons (Fsp3) is 1.00. The summed E-state index contributed by atoms with van der Waals surface area (Å²) in [4.78, 5) is 0. The normalized spacial score (nSPS) is 35.1. The summed E-state index contributed by atoms with van der Waals surface area (Å²) >= 11 is 0. The first-order valence-corrected chi connectivity index (χ1v) is 15.4. The van der Waals surface area contributed by atoms with Gasteiger partial charge in [-0.15, -0.1) is 0 Å². The first kappa shape index (κ1) is 30.0. The Kier molecular flexibility index (Phi) is 11.2. The highest BCUT2D eigenvalue weighted by atomic mass is 32.2. The van der Waals surface area contributed by atoms with Crippen molar-refractivity contribution >= 4 is 20.2 Å². The van der Waals surface area contributed by atoms with Crippen LogP contribution in [0.1, 0.15) is 26.7 Å². The Morgan fingerprint density at radius 1 is 0.694 bits per heavy atom. The molecule has 212 valence electrons. The first-order chi connectivity index (χ1) is 16.9. The molecule has 2 saturated heterocycles. The lowest BCUT2D eigenvalue weighted by Crippen LogP contribution is -2.78. The second-order valence-electron chi connectivity index (χ2n) is 9.70. The van der Waals surface area contributed by atoms with E-state index in [1.54, 1.807) is 0 Å². The Labute approximate surface area is 213 Å². The summed E-state index contributed by atoms with van der Waals surface area (Å²) in [5.41, 5.74) is 0. The average molecular weight is 559 g/mol. The third kappa shape index (κ3) is 10.7. The number of rotatable bonds is 12. The van der Waals surface area contributed by atoms with Crippen LogP contribution in [-0.4, -0.2) is 101 Å². The van der Waals surface area contributed by atoms with Crippen molar-refractivity contribution in [3.8, 4) is 0 Å². The first-order valence-electron chi connectivity index (χ1n) is 12.2. The molecule has 0 radical (unpaired) electrons. The van der Waals surface area contributed by atoms with Crippen LogP contribution >= 0.6 is 0 Å². The number of nitrogens with one attached hydrogen (secondary N) is 10. The minimum atomic E-state index is -4.11. The van der Waals surface area contributed by atoms with E-state index in [1.165, 1.54) is 0 Å². The molecule has 1 saturated carbocycles. The largest absolute Gasteiger partial charge is 0.292 e. The molecule has 18 heteroatoms. The maximum atomic E-state index is 11.1. The quantitative estimate of drug-likeness (QED) is 0.101. The molecule has 3 rings (SSSR count). The molecule has 0 amide bonds. The lowest BCUT2D eigenvalue weighted by Gasteiger charge is -2.45. The summed E-state index contributed by atoms with van der Waals surface area (Å²) < 4.78 is 62.2. The highest BCUT2D eigenvalue weighted by molar-refractivity contribution is 7.86. The maximum absolute atomic E-state index is 11.1. The van der Waals surface area contributed by atoms with Gasteiger partial charge in [0.2, 0.25) is 0 Å². The van der Waals surface area contributed by atoms with E-state index in [1.807, 2.05) is 0 Å². The second-order valence-corrected chi connectivity index (χ2v) is 12.8. The van der Waals surface area contributed by atoms with Gasteiger partial charge in [-0.25, -0.2) is 0 Å². The molecule has 36 heavy (non-hydrogen) atoms. The van der Waals surface area contributed by atoms with Gasteiger partial charge in [0.05, 0.1) is 11.5 Å². The molecule has 3 fully saturated rings. The molecule has 2 heterocycles. The highest BCUT2D eigenvalue weighted by Crippen LogP contribution is 2.29. The van der Waals surface area contributed by atoms with Gasteiger partial charge in [0.25, 0.3) is 20.2 Å². The van der Waals surface area contributed by atoms with Crippen LogP contribution in [0, 0.1) is 11.8 Å². The molecule has 3 aliphatic rings. The molecule has 0 aromatic heterocycles. The number of hydrogen-bond donors (Lipinski definition) is 12. The fourth-order valence-electron chi connectivity index (χ4n) is 4.73. The van der Waals surface area contributed by atoms with Crippen LogP contribution in [0.3, 0.4) is 0 Å². The molecular weight excluding hydrogens is 516 g/mol. The van der Waals surface area contributed by atoms with Crippen LogP contribution in [0.2, 0.25) is 0 Å². The summed E-state index contributed by atoms with van der Waals surface area (Å²) in [5.74, 6) is -0.140. The molecule has 0 bridgehead atoms. The van der Waals surface area contributed by atoms with Crippen molar-refractivity contribution in [2.24, 2.45) is 11.8 Å². The van der Waals surface area contributed by atoms with Crippen LogP contribution in [0.25, 0.3) is 0 Å². The van der Waals surface area contributed by atoms with Gasteiger partial charge in [-0.2, -0.15) is 16.8 Å². The van der Waals surface area contributed by atoms with Crippen molar-refractivity contribution in [3.63, 3.8) is 0 Å². The predicted molar refractivity (Wildman–Crippen MR) is 134 cm³/mol. The van der Waals surface area contributed by atoms with E-state index < -0.39 is 50.6 Å². The van der Waals surface area contributed by atoms with Crippen LogP contribution in [0.4, 0.5) is 0 Å². The van der Waals surface area contributed by atoms with E-state index in [4.69, 9.17) is 9.11 Å². The predicted octanol–water partition coefficient (Wildman–Crippen LogP) is -4.46. The lowest BCUT2D eigenvalue weighted by molar-refractivity contribution is 0.0908. The Balaban J connectivity index is 1.55. The van der Waals surface area contributed by atoms with E-state index in [2.05, 4.69) is 67.0 Å². The third-order valence-electron chi connectivity index (χ3n) is 6.67. The molecule has 12 N–H and O–H groups in total. The van der Waals surface area contributed by atoms with Gasteiger partial charge >= 0.3 is 0 Å². The third-order valence-corrected chi connectivity index (χ3v) is 8.11. The summed E-state index contributed by atoms with van der Waals surface area (Å²) in [6.07, 6.45) is 0.483. The summed E-state index contributed by atoms with van der Waals surface area (Å²) in [5, 5.41) is 32.7. The molecule has 16 nitrogen and oxygen atoms in total. The van der Waals surface area contributed by atoms with Gasteiger partial charge < -0.3 is 0 Å². The highest BCUT2D eigenvalue weighted by Gasteiger charge is 2.36. The van der Waals surface area contributed by atoms with Gasteiger partial charge in [0.1, 0.15) is 25.2 Å². The maximum Gasteiger partial charge on any atom is 0.266 e. The van der Waals surface area contributed by atoms with E-state index in [-0.39, 0.29) is 25.4 Å². The molecule has 6 unspecified atom stereocenters. The standard InChI is InChI=1S/C18H42N10O6S2/c1-11-8-14(12(2)7-13(11)24-15-22-9-19-10-23-15)25-18-27-16(20-3-5-35(29,30)31)26-17(28-18)21-4-6-36(32,33)34/h11-28H,3-10H2,1-2H3,(H,29,30,31)(H,32,33,34). The van der Waals surface area contributed by atoms with Crippen LogP contribution < -0.4 is 53.2 Å². The smallest absolute Gasteiger partial charge is 0.266 e. The molecule has 0 aromatic rings. The van der Waals surface area contributed by atoms with Crippen molar-refractivity contribution in [1.82, 2.24) is 53.2 Å². The molecule has 1 aliphatic carbocycles. The number of hydrogen-bond acceptors (Lipinski definition) is 14. The second kappa shape index (κ2) is 13.5. The van der Waals surface area contributed by atoms with Gasteiger partial charge in [-0.05, 0) is 24.7 Å². The Hall–Kier alpha value is -0.580. The van der Waals surface area contributed by atoms with Gasteiger partial charge in [0, 0.05) is 38.5 Å². The minimum absolute atomic E-state index is 0.00304. The van der Waals surface area contributed by atoms with E-state index in [0.717, 1.165) is 26.2 Å². The lowest BCUT2D eigenvalue weighted by atomic mass is 9.76. The molecule has 2 aliphatic heterocycles. The van der Waals surface area contributed by atoms with E-state index >= 15 is 0 Å². The summed E-state index contributed by atoms with van der Waals surface area (Å²) in [6, 6.07) is 0.534. The SMILES string of the molecule is CC1CC(NC2NC(NCCS(=O)(=O)O)NC(NCCS(=O)(=O)O)N2)C(C)CC1NC1NCNCN1. The van der Waals surface area contributed by atoms with Gasteiger partial charge in [0.15, 0.2) is 0 Å². The van der Waals surface area contributed by atoms with Gasteiger partial charge in [-0.1, -0.05) is 13.8 Å². The van der Waals surface area contributed by atoms with Crippen molar-refractivity contribution in [2.75, 3.05) is 37.9 Å². The van der Waals surface area contributed by atoms with Crippen LogP contribution in [-0.2, 0) is 20.2 Å². The molecule has 0 spiro atoms. The van der Waals surface area contributed by atoms with Crippen molar-refractivity contribution < 1.29 is 25.9 Å². The van der Waals surface area contributed by atoms with E-state index in [0.29, 0.717) is 17.9 Å².